The van der Waals surface area contributed by atoms with E-state index in [0.717, 1.165) is 4.68 Å². The van der Waals surface area contributed by atoms with Gasteiger partial charge in [0.25, 0.3) is 5.91 Å². The lowest BCUT2D eigenvalue weighted by Crippen LogP contribution is -2.38. The Morgan fingerprint density at radius 1 is 1.21 bits per heavy atom. The van der Waals surface area contributed by atoms with Crippen molar-refractivity contribution >= 4 is 29.1 Å². The van der Waals surface area contributed by atoms with Gasteiger partial charge in [0.05, 0.1) is 27.0 Å². The van der Waals surface area contributed by atoms with Crippen LogP contribution in [0.2, 0.25) is 10.0 Å². The van der Waals surface area contributed by atoms with Gasteiger partial charge in [-0.3, -0.25) is 14.5 Å². The third-order valence-corrected chi connectivity index (χ3v) is 5.89. The maximum absolute atomic E-state index is 13.3. The highest BCUT2D eigenvalue weighted by Crippen LogP contribution is 2.37. The fourth-order valence-electron chi connectivity index (χ4n) is 3.70. The van der Waals surface area contributed by atoms with E-state index in [1.165, 1.54) is 13.1 Å². The first-order valence-corrected chi connectivity index (χ1v) is 10.0. The Balaban J connectivity index is 1.60. The number of amides is 1. The van der Waals surface area contributed by atoms with Gasteiger partial charge in [-0.2, -0.15) is 18.3 Å². The summed E-state index contributed by atoms with van der Waals surface area (Å²) in [6.45, 7) is 3.35. The topological polar surface area (TPSA) is 59.8 Å². The number of halogens is 5. The number of carbonyl (C=O) groups excluding carboxylic acids is 1. The third kappa shape index (κ3) is 5.04. The quantitative estimate of drug-likeness (QED) is 0.698. The summed E-state index contributed by atoms with van der Waals surface area (Å²) < 4.78 is 40.9. The number of nitrogens with one attached hydrogen (secondary N) is 1. The van der Waals surface area contributed by atoms with E-state index in [0.29, 0.717) is 42.0 Å². The van der Waals surface area contributed by atoms with Gasteiger partial charge in [0.15, 0.2) is 5.69 Å². The van der Waals surface area contributed by atoms with Crippen molar-refractivity contribution in [3.63, 3.8) is 0 Å². The van der Waals surface area contributed by atoms with Crippen molar-refractivity contribution in [3.05, 3.63) is 45.0 Å². The van der Waals surface area contributed by atoms with Crippen LogP contribution in [0.4, 0.5) is 13.2 Å². The van der Waals surface area contributed by atoms with Crippen LogP contribution in [0.5, 0.6) is 0 Å². The standard InChI is InChI=1S/C19H21Cl2F3N4O/c1-10-15(7-13(20)8-25-10)18(29)26-14-5-3-12(4-6-14)9-28-17(19(22,23)24)16(21)11(2)27-28/h7-8,12,14H,3-6,9H2,1-2H3,(H,26,29)/t12-,14-. The third-order valence-electron chi connectivity index (χ3n) is 5.23. The molecule has 158 valence electrons. The summed E-state index contributed by atoms with van der Waals surface area (Å²) >= 11 is 11.7. The van der Waals surface area contributed by atoms with Crippen LogP contribution in [0.25, 0.3) is 0 Å². The van der Waals surface area contributed by atoms with Gasteiger partial charge in [0, 0.05) is 18.8 Å². The fourth-order valence-corrected chi connectivity index (χ4v) is 4.10. The lowest BCUT2D eigenvalue weighted by Gasteiger charge is -2.29. The Morgan fingerprint density at radius 3 is 2.48 bits per heavy atom. The molecule has 2 aromatic heterocycles. The zero-order valence-electron chi connectivity index (χ0n) is 16.0. The first-order valence-electron chi connectivity index (χ1n) is 9.29. The van der Waals surface area contributed by atoms with Crippen molar-refractivity contribution in [1.29, 1.82) is 0 Å². The van der Waals surface area contributed by atoms with Crippen molar-refractivity contribution in [2.45, 2.75) is 58.3 Å². The van der Waals surface area contributed by atoms with Crippen LogP contribution in [0.15, 0.2) is 12.3 Å². The highest BCUT2D eigenvalue weighted by atomic mass is 35.5. The van der Waals surface area contributed by atoms with E-state index < -0.39 is 11.9 Å². The average Bonchev–Trinajstić information content (AvgIpc) is 2.92. The van der Waals surface area contributed by atoms with Gasteiger partial charge >= 0.3 is 6.18 Å². The molecule has 0 radical (unpaired) electrons. The molecule has 1 aliphatic carbocycles. The monoisotopic (exact) mass is 448 g/mol. The van der Waals surface area contributed by atoms with Crippen molar-refractivity contribution < 1.29 is 18.0 Å². The number of pyridine rings is 1. The van der Waals surface area contributed by atoms with Crippen molar-refractivity contribution in [1.82, 2.24) is 20.1 Å². The molecule has 1 aliphatic rings. The summed E-state index contributed by atoms with van der Waals surface area (Å²) in [5, 5.41) is 6.99. The van der Waals surface area contributed by atoms with Gasteiger partial charge in [-0.15, -0.1) is 0 Å². The average molecular weight is 449 g/mol. The van der Waals surface area contributed by atoms with E-state index in [2.05, 4.69) is 15.4 Å². The smallest absolute Gasteiger partial charge is 0.349 e. The van der Waals surface area contributed by atoms with E-state index in [1.54, 1.807) is 13.0 Å². The highest BCUT2D eigenvalue weighted by Gasteiger charge is 2.39. The second kappa shape index (κ2) is 8.52. The van der Waals surface area contributed by atoms with Gasteiger partial charge in [0.2, 0.25) is 0 Å². The zero-order chi connectivity index (χ0) is 21.3. The zero-order valence-corrected chi connectivity index (χ0v) is 17.5. The summed E-state index contributed by atoms with van der Waals surface area (Å²) in [6.07, 6.45) is -0.335. The first-order chi connectivity index (χ1) is 13.6. The lowest BCUT2D eigenvalue weighted by atomic mass is 9.86. The predicted molar refractivity (Wildman–Crippen MR) is 104 cm³/mol. The van der Waals surface area contributed by atoms with Gasteiger partial charge in [-0.1, -0.05) is 23.2 Å². The number of aromatic nitrogens is 3. The van der Waals surface area contributed by atoms with Crippen LogP contribution in [-0.4, -0.2) is 26.7 Å². The van der Waals surface area contributed by atoms with Gasteiger partial charge < -0.3 is 5.32 Å². The molecule has 29 heavy (non-hydrogen) atoms. The summed E-state index contributed by atoms with van der Waals surface area (Å²) in [4.78, 5) is 16.6. The molecule has 0 aliphatic heterocycles. The summed E-state index contributed by atoms with van der Waals surface area (Å²) in [5.74, 6) is -0.205. The maximum atomic E-state index is 13.3. The van der Waals surface area contributed by atoms with Gasteiger partial charge in [0.1, 0.15) is 0 Å². The van der Waals surface area contributed by atoms with Crippen molar-refractivity contribution in [2.75, 3.05) is 0 Å². The van der Waals surface area contributed by atoms with Crippen LogP contribution in [-0.2, 0) is 12.7 Å². The Kier molecular flexibility index (Phi) is 6.43. The number of carbonyl (C=O) groups is 1. The molecular formula is C19H21Cl2F3N4O. The van der Waals surface area contributed by atoms with Crippen molar-refractivity contribution in [3.8, 4) is 0 Å². The molecule has 0 unspecified atom stereocenters. The number of aryl methyl sites for hydroxylation is 2. The van der Waals surface area contributed by atoms with E-state index >= 15 is 0 Å². The van der Waals surface area contributed by atoms with Crippen LogP contribution >= 0.6 is 23.2 Å². The predicted octanol–water partition coefficient (Wildman–Crippen LogP) is 5.21. The summed E-state index contributed by atoms with van der Waals surface area (Å²) in [5.41, 5.74) is 0.295. The number of nitrogens with zero attached hydrogens (tertiary/aromatic N) is 3. The molecule has 0 bridgehead atoms. The molecule has 0 aromatic carbocycles. The van der Waals surface area contributed by atoms with E-state index in [4.69, 9.17) is 23.2 Å². The Labute approximate surface area is 176 Å². The second-order valence-electron chi connectivity index (χ2n) is 7.41. The minimum atomic E-state index is -4.55. The van der Waals surface area contributed by atoms with Crippen LogP contribution in [0, 0.1) is 19.8 Å². The van der Waals surface area contributed by atoms with Gasteiger partial charge in [-0.25, -0.2) is 0 Å². The molecule has 1 N–H and O–H groups in total. The maximum Gasteiger partial charge on any atom is 0.434 e. The molecule has 2 heterocycles. The molecule has 10 heteroatoms. The molecule has 3 rings (SSSR count). The summed E-state index contributed by atoms with van der Waals surface area (Å²) in [7, 11) is 0. The largest absolute Gasteiger partial charge is 0.434 e. The molecule has 1 saturated carbocycles. The molecule has 1 fully saturated rings. The van der Waals surface area contributed by atoms with Crippen LogP contribution in [0.1, 0.15) is 53.1 Å². The molecule has 0 atom stereocenters. The summed E-state index contributed by atoms with van der Waals surface area (Å²) in [6, 6.07) is 1.54. The molecule has 0 spiro atoms. The highest BCUT2D eigenvalue weighted by molar-refractivity contribution is 6.32. The Bertz CT molecular complexity index is 906. The molecule has 0 saturated heterocycles. The Hall–Kier alpha value is -1.80. The second-order valence-corrected chi connectivity index (χ2v) is 8.22. The van der Waals surface area contributed by atoms with Gasteiger partial charge in [-0.05, 0) is 51.5 Å². The lowest BCUT2D eigenvalue weighted by molar-refractivity contribution is -0.144. The minimum absolute atomic E-state index is 0.0363. The molecule has 5 nitrogen and oxygen atoms in total. The molecule has 2 aromatic rings. The number of hydrogen-bond acceptors (Lipinski definition) is 3. The number of alkyl halides is 3. The normalized spacial score (nSPS) is 20.0. The van der Waals surface area contributed by atoms with E-state index in [1.807, 2.05) is 0 Å². The molecular weight excluding hydrogens is 428 g/mol. The fraction of sp³-hybridized carbons (Fsp3) is 0.526. The number of rotatable bonds is 4. The van der Waals surface area contributed by atoms with E-state index in [9.17, 15) is 18.0 Å². The van der Waals surface area contributed by atoms with Crippen LogP contribution < -0.4 is 5.32 Å². The molecule has 1 amide bonds. The van der Waals surface area contributed by atoms with Crippen molar-refractivity contribution in [2.24, 2.45) is 5.92 Å². The SMILES string of the molecule is Cc1ncc(Cl)cc1C(=O)N[C@H]1CC[C@H](Cn2nc(C)c(Cl)c2C(F)(F)F)CC1. The minimum Gasteiger partial charge on any atom is -0.349 e. The first kappa shape index (κ1) is 21.9. The Morgan fingerprint density at radius 2 is 1.86 bits per heavy atom. The number of hydrogen-bond donors (Lipinski definition) is 1. The van der Waals surface area contributed by atoms with E-state index in [-0.39, 0.29) is 35.1 Å². The van der Waals surface area contributed by atoms with Crippen LogP contribution in [0.3, 0.4) is 0 Å².